The maximum Gasteiger partial charge on any atom is 0.239 e. The molecule has 3 N–H and O–H groups in total. The van der Waals surface area contributed by atoms with E-state index in [-0.39, 0.29) is 35.6 Å². The van der Waals surface area contributed by atoms with Crippen molar-refractivity contribution in [2.24, 2.45) is 0 Å². The highest BCUT2D eigenvalue weighted by Gasteiger charge is 2.24. The standard InChI is InChI=1S/C20H28N6O2S/c1-20(2,3)14-7-5-13(6-8-14)18-23-24-19(26(18)21)29-12-17(28)25(4)11-16(27)22-15-9-10-15/h5-8,15H,9-12,21H2,1-4H3,(H,22,27). The Morgan fingerprint density at radius 3 is 2.48 bits per heavy atom. The van der Waals surface area contributed by atoms with Gasteiger partial charge in [0.05, 0.1) is 12.3 Å². The van der Waals surface area contributed by atoms with E-state index < -0.39 is 0 Å². The SMILES string of the molecule is CN(CC(=O)NC1CC1)C(=O)CSc1nnc(-c2ccc(C(C)(C)C)cc2)n1N. The van der Waals surface area contributed by atoms with Crippen LogP contribution in [0.25, 0.3) is 11.4 Å². The number of benzene rings is 1. The van der Waals surface area contributed by atoms with Gasteiger partial charge in [-0.1, -0.05) is 56.8 Å². The van der Waals surface area contributed by atoms with Crippen molar-refractivity contribution in [1.29, 1.82) is 0 Å². The second-order valence-corrected chi connectivity index (χ2v) is 9.33. The van der Waals surface area contributed by atoms with Gasteiger partial charge in [-0.2, -0.15) is 0 Å². The molecule has 8 nitrogen and oxygen atoms in total. The van der Waals surface area contributed by atoms with Crippen LogP contribution < -0.4 is 11.2 Å². The predicted molar refractivity (Wildman–Crippen MR) is 114 cm³/mol. The molecule has 1 heterocycles. The van der Waals surface area contributed by atoms with Gasteiger partial charge in [0.25, 0.3) is 0 Å². The number of rotatable bonds is 7. The first kappa shape index (κ1) is 21.2. The fourth-order valence-electron chi connectivity index (χ4n) is 2.73. The van der Waals surface area contributed by atoms with Gasteiger partial charge < -0.3 is 16.1 Å². The summed E-state index contributed by atoms with van der Waals surface area (Å²) in [6.45, 7) is 6.53. The number of nitrogen functional groups attached to an aromatic ring is 1. The van der Waals surface area contributed by atoms with Crippen molar-refractivity contribution in [2.45, 2.75) is 50.2 Å². The van der Waals surface area contributed by atoms with Crippen molar-refractivity contribution in [3.05, 3.63) is 29.8 Å². The molecule has 2 aromatic rings. The largest absolute Gasteiger partial charge is 0.352 e. The van der Waals surface area contributed by atoms with E-state index in [1.807, 2.05) is 12.1 Å². The molecular weight excluding hydrogens is 388 g/mol. The van der Waals surface area contributed by atoms with E-state index in [2.05, 4.69) is 48.4 Å². The lowest BCUT2D eigenvalue weighted by Gasteiger charge is -2.19. The van der Waals surface area contributed by atoms with Crippen LogP contribution in [0.4, 0.5) is 0 Å². The van der Waals surface area contributed by atoms with Gasteiger partial charge in [-0.05, 0) is 23.8 Å². The summed E-state index contributed by atoms with van der Waals surface area (Å²) in [6.07, 6.45) is 2.04. The van der Waals surface area contributed by atoms with E-state index in [1.54, 1.807) is 7.05 Å². The number of thioether (sulfide) groups is 1. The summed E-state index contributed by atoms with van der Waals surface area (Å²) in [6, 6.07) is 8.34. The van der Waals surface area contributed by atoms with Crippen molar-refractivity contribution in [2.75, 3.05) is 25.2 Å². The first-order valence-electron chi connectivity index (χ1n) is 9.62. The Bertz CT molecular complexity index is 883. The molecule has 29 heavy (non-hydrogen) atoms. The number of nitrogens with two attached hydrogens (primary N) is 1. The molecule has 1 fully saturated rings. The molecule has 0 unspecified atom stereocenters. The molecule has 1 saturated carbocycles. The minimum absolute atomic E-state index is 0.0522. The van der Waals surface area contributed by atoms with Gasteiger partial charge in [-0.3, -0.25) is 9.59 Å². The van der Waals surface area contributed by atoms with Crippen LogP contribution in [-0.4, -0.2) is 57.0 Å². The zero-order valence-electron chi connectivity index (χ0n) is 17.3. The molecule has 0 radical (unpaired) electrons. The van der Waals surface area contributed by atoms with Crippen LogP contribution >= 0.6 is 11.8 Å². The fraction of sp³-hybridized carbons (Fsp3) is 0.500. The number of hydrogen-bond donors (Lipinski definition) is 2. The van der Waals surface area contributed by atoms with Crippen LogP contribution in [0.1, 0.15) is 39.2 Å². The van der Waals surface area contributed by atoms with Gasteiger partial charge in [0.15, 0.2) is 5.82 Å². The quantitative estimate of drug-likeness (QED) is 0.526. The fourth-order valence-corrected chi connectivity index (χ4v) is 3.53. The van der Waals surface area contributed by atoms with Crippen molar-refractivity contribution in [3.8, 4) is 11.4 Å². The smallest absolute Gasteiger partial charge is 0.239 e. The molecule has 1 aliphatic rings. The number of nitrogens with one attached hydrogen (secondary N) is 1. The molecule has 1 aromatic heterocycles. The van der Waals surface area contributed by atoms with Crippen LogP contribution in [0.2, 0.25) is 0 Å². The normalized spacial score (nSPS) is 13.9. The molecular formula is C20H28N6O2S. The molecule has 156 valence electrons. The summed E-state index contributed by atoms with van der Waals surface area (Å²) < 4.78 is 1.39. The van der Waals surface area contributed by atoms with Crippen LogP contribution in [-0.2, 0) is 15.0 Å². The van der Waals surface area contributed by atoms with Gasteiger partial charge in [0.2, 0.25) is 17.0 Å². The van der Waals surface area contributed by atoms with Gasteiger partial charge in [0, 0.05) is 18.7 Å². The molecule has 9 heteroatoms. The number of nitrogens with zero attached hydrogens (tertiary/aromatic N) is 4. The van der Waals surface area contributed by atoms with Crippen molar-refractivity contribution >= 4 is 23.6 Å². The summed E-state index contributed by atoms with van der Waals surface area (Å²) >= 11 is 1.20. The lowest BCUT2D eigenvalue weighted by molar-refractivity contribution is -0.132. The Kier molecular flexibility index (Phi) is 6.16. The van der Waals surface area contributed by atoms with Gasteiger partial charge in [0.1, 0.15) is 0 Å². The Morgan fingerprint density at radius 2 is 1.90 bits per heavy atom. The minimum atomic E-state index is -0.167. The van der Waals surface area contributed by atoms with Gasteiger partial charge >= 0.3 is 0 Å². The minimum Gasteiger partial charge on any atom is -0.352 e. The van der Waals surface area contributed by atoms with E-state index in [0.717, 1.165) is 18.4 Å². The average Bonchev–Trinajstić information content (AvgIpc) is 3.39. The molecule has 1 aliphatic carbocycles. The second kappa shape index (κ2) is 8.44. The zero-order chi connectivity index (χ0) is 21.2. The van der Waals surface area contributed by atoms with Crippen molar-refractivity contribution in [1.82, 2.24) is 25.1 Å². The monoisotopic (exact) mass is 416 g/mol. The third-order valence-corrected chi connectivity index (χ3v) is 5.68. The molecule has 0 saturated heterocycles. The van der Waals surface area contributed by atoms with Crippen LogP contribution in [0.15, 0.2) is 29.4 Å². The highest BCUT2D eigenvalue weighted by atomic mass is 32.2. The molecule has 3 rings (SSSR count). The Labute approximate surface area is 175 Å². The third-order valence-electron chi connectivity index (χ3n) is 4.75. The maximum absolute atomic E-state index is 12.3. The zero-order valence-corrected chi connectivity index (χ0v) is 18.1. The number of carbonyl (C=O) groups excluding carboxylic acids is 2. The summed E-state index contributed by atoms with van der Waals surface area (Å²) in [4.78, 5) is 25.5. The van der Waals surface area contributed by atoms with E-state index >= 15 is 0 Å². The number of carbonyl (C=O) groups is 2. The highest BCUT2D eigenvalue weighted by Crippen LogP contribution is 2.26. The second-order valence-electron chi connectivity index (χ2n) is 8.38. The Morgan fingerprint density at radius 1 is 1.24 bits per heavy atom. The topological polar surface area (TPSA) is 106 Å². The van der Waals surface area contributed by atoms with E-state index in [1.165, 1.54) is 26.9 Å². The van der Waals surface area contributed by atoms with Crippen LogP contribution in [0, 0.1) is 0 Å². The first-order chi connectivity index (χ1) is 13.6. The lowest BCUT2D eigenvalue weighted by atomic mass is 9.87. The van der Waals surface area contributed by atoms with Crippen LogP contribution in [0.5, 0.6) is 0 Å². The lowest BCUT2D eigenvalue weighted by Crippen LogP contribution is -2.39. The molecule has 1 aromatic carbocycles. The summed E-state index contributed by atoms with van der Waals surface area (Å²) in [5.41, 5.74) is 2.15. The summed E-state index contributed by atoms with van der Waals surface area (Å²) in [5.74, 6) is 6.52. The van der Waals surface area contributed by atoms with Crippen molar-refractivity contribution in [3.63, 3.8) is 0 Å². The Balaban J connectivity index is 1.57. The molecule has 0 aliphatic heterocycles. The number of amides is 2. The van der Waals surface area contributed by atoms with Gasteiger partial charge in [-0.25, -0.2) is 4.68 Å². The van der Waals surface area contributed by atoms with Gasteiger partial charge in [-0.15, -0.1) is 10.2 Å². The number of likely N-dealkylation sites (N-methyl/N-ethyl adjacent to an activating group) is 1. The summed E-state index contributed by atoms with van der Waals surface area (Å²) in [7, 11) is 1.62. The summed E-state index contributed by atoms with van der Waals surface area (Å²) in [5, 5.41) is 11.6. The molecule has 0 bridgehead atoms. The van der Waals surface area contributed by atoms with E-state index in [0.29, 0.717) is 11.0 Å². The van der Waals surface area contributed by atoms with E-state index in [4.69, 9.17) is 5.84 Å². The molecule has 0 atom stereocenters. The highest BCUT2D eigenvalue weighted by molar-refractivity contribution is 7.99. The number of aromatic nitrogens is 3. The number of hydrogen-bond acceptors (Lipinski definition) is 6. The molecule has 2 amide bonds. The third kappa shape index (κ3) is 5.50. The Hall–Kier alpha value is -2.55. The maximum atomic E-state index is 12.3. The predicted octanol–water partition coefficient (Wildman–Crippen LogP) is 1.79. The van der Waals surface area contributed by atoms with Crippen LogP contribution in [0.3, 0.4) is 0 Å². The van der Waals surface area contributed by atoms with Crippen molar-refractivity contribution < 1.29 is 9.59 Å². The van der Waals surface area contributed by atoms with E-state index in [9.17, 15) is 9.59 Å². The average molecular weight is 417 g/mol. The molecule has 0 spiro atoms. The first-order valence-corrected chi connectivity index (χ1v) is 10.6.